The molecular weight excluding hydrogens is 954 g/mol. The van der Waals surface area contributed by atoms with Crippen LogP contribution in [0.2, 0.25) is 5.02 Å². The van der Waals surface area contributed by atoms with Gasteiger partial charge < -0.3 is 30.5 Å². The van der Waals surface area contributed by atoms with E-state index < -0.39 is 59.0 Å². The number of aromatic nitrogens is 1. The number of anilines is 2. The van der Waals surface area contributed by atoms with Gasteiger partial charge in [0, 0.05) is 94.9 Å². The quantitative estimate of drug-likeness (QED) is 0.0813. The maximum Gasteiger partial charge on any atom is 0.433 e. The van der Waals surface area contributed by atoms with Crippen LogP contribution in [0.25, 0.3) is 0 Å². The highest BCUT2D eigenvalue weighted by Crippen LogP contribution is 2.61. The van der Waals surface area contributed by atoms with Gasteiger partial charge in [-0.05, 0) is 98.0 Å². The highest BCUT2D eigenvalue weighted by molar-refractivity contribution is 6.30. The van der Waals surface area contributed by atoms with Crippen molar-refractivity contribution in [2.45, 2.75) is 114 Å². The van der Waals surface area contributed by atoms with Crippen LogP contribution in [0.5, 0.6) is 5.75 Å². The lowest BCUT2D eigenvalue weighted by molar-refractivity contribution is -0.141. The van der Waals surface area contributed by atoms with Crippen LogP contribution in [0.3, 0.4) is 0 Å². The average Bonchev–Trinajstić information content (AvgIpc) is 3.54. The number of fused-ring (bicyclic) bond motifs is 3. The van der Waals surface area contributed by atoms with Gasteiger partial charge in [-0.15, -0.1) is 0 Å². The number of nitrogens with one attached hydrogen (secondary N) is 4. The number of hydrogen-bond donors (Lipinski definition) is 4. The lowest BCUT2D eigenvalue weighted by atomic mass is 9.63. The summed E-state index contributed by atoms with van der Waals surface area (Å²) in [6, 6.07) is 13.0. The molecule has 3 saturated heterocycles. The number of alkyl halides is 3. The summed E-state index contributed by atoms with van der Waals surface area (Å²) < 4.78 is 64.0. The normalized spacial score (nSPS) is 27.5. The third kappa shape index (κ3) is 8.33. The van der Waals surface area contributed by atoms with Crippen LogP contribution >= 0.6 is 11.6 Å². The second-order valence-corrected chi connectivity index (χ2v) is 21.7. The molecule has 6 heterocycles. The minimum absolute atomic E-state index is 0.00733. The molecule has 1 unspecified atom stereocenters. The van der Waals surface area contributed by atoms with Crippen LogP contribution < -0.4 is 26.0 Å². The number of rotatable bonds is 7. The van der Waals surface area contributed by atoms with Crippen molar-refractivity contribution in [3.8, 4) is 17.6 Å². The van der Waals surface area contributed by atoms with E-state index >= 15 is 4.39 Å². The number of carbonyl (C=O) groups is 5. The molecule has 8 atom stereocenters. The zero-order valence-electron chi connectivity index (χ0n) is 40.4. The number of methoxy groups -OCH3 is 1. The van der Waals surface area contributed by atoms with Crippen LogP contribution in [0.1, 0.15) is 121 Å². The number of pyridine rings is 1. The Bertz CT molecular complexity index is 3020. The van der Waals surface area contributed by atoms with E-state index in [2.05, 4.69) is 38.1 Å². The van der Waals surface area contributed by atoms with Gasteiger partial charge in [0.2, 0.25) is 17.7 Å². The molecule has 5 aliphatic heterocycles. The standard InChI is InChI=1S/C54H54ClF4N7O6/c1-28-52(23-31(52)15-13-29-9-6-10-32-34(29)26-66(50(32)71)39-17-18-43(67)64-47(39)68)19-8-20-65(28)49(70)30-14-16-37(40(21-30)72-5)62-48(69)46-44(33-11-7-12-36(55)45(33)56)53(42(63-46)24-51(2,3)4)27-61-38-22-41(54(57,58)59)60-25-35(38)53/h6-7,9-12,14,16,21-22,25,28,31,39,42,44,46,61,63H,8,17-20,23-24,26-27H2,1-5H3,(H,62,69)(H,64,67,68)/t28-,31-,39?,42-,44-,46+,52+,53-/m0/s1. The van der Waals surface area contributed by atoms with Gasteiger partial charge in [-0.1, -0.05) is 62.4 Å². The van der Waals surface area contributed by atoms with Gasteiger partial charge in [0.1, 0.15) is 23.3 Å². The van der Waals surface area contributed by atoms with Crippen molar-refractivity contribution in [3.05, 3.63) is 117 Å². The van der Waals surface area contributed by atoms with Crippen molar-refractivity contribution in [2.24, 2.45) is 16.7 Å². The highest BCUT2D eigenvalue weighted by Gasteiger charge is 2.63. The minimum atomic E-state index is -4.71. The number of halogens is 5. The van der Waals surface area contributed by atoms with E-state index in [1.54, 1.807) is 42.5 Å². The van der Waals surface area contributed by atoms with Crippen molar-refractivity contribution in [3.63, 3.8) is 0 Å². The van der Waals surface area contributed by atoms with Crippen molar-refractivity contribution < 1.29 is 46.3 Å². The van der Waals surface area contributed by atoms with Crippen LogP contribution in [0.4, 0.5) is 28.9 Å². The van der Waals surface area contributed by atoms with Crippen LogP contribution in [0.15, 0.2) is 66.9 Å². The molecule has 4 fully saturated rings. The van der Waals surface area contributed by atoms with E-state index in [1.165, 1.54) is 24.3 Å². The molecule has 0 radical (unpaired) electrons. The number of likely N-dealkylation sites (tertiary alicyclic amines) is 1. The van der Waals surface area contributed by atoms with Crippen LogP contribution in [0, 0.1) is 34.4 Å². The maximum absolute atomic E-state index is 16.4. The predicted molar refractivity (Wildman–Crippen MR) is 260 cm³/mol. The molecule has 2 spiro atoms. The Morgan fingerprint density at radius 1 is 1.06 bits per heavy atom. The summed E-state index contributed by atoms with van der Waals surface area (Å²) in [6.07, 6.45) is -0.226. The maximum atomic E-state index is 16.4. The molecular formula is C54H54ClF4N7O6. The van der Waals surface area contributed by atoms with Gasteiger partial charge in [-0.3, -0.25) is 34.3 Å². The molecule has 13 nitrogen and oxygen atoms in total. The van der Waals surface area contributed by atoms with Gasteiger partial charge in [-0.25, -0.2) is 4.39 Å². The van der Waals surface area contributed by atoms with Crippen molar-refractivity contribution in [2.75, 3.05) is 30.8 Å². The third-order valence-electron chi connectivity index (χ3n) is 16.0. The first-order chi connectivity index (χ1) is 34.1. The van der Waals surface area contributed by atoms with Crippen LogP contribution in [-0.4, -0.2) is 88.7 Å². The SMILES string of the molecule is COc1cc(C(=O)N2CCC[C@@]3(C[C@@H]3C#Cc3cccc4c3CN(C3CCC(=O)NC3=O)C4=O)[C@@H]2C)ccc1NC(=O)[C@@H]1N[C@@H](CC(C)(C)C)[C@@]2(CNc3cc(C(F)(F)F)ncc32)[C@H]1c1cccc(Cl)c1F. The molecule has 10 rings (SSSR count). The summed E-state index contributed by atoms with van der Waals surface area (Å²) in [4.78, 5) is 74.4. The zero-order valence-corrected chi connectivity index (χ0v) is 41.1. The largest absolute Gasteiger partial charge is 0.495 e. The van der Waals surface area contributed by atoms with E-state index in [-0.39, 0.29) is 94.2 Å². The number of imide groups is 1. The van der Waals surface area contributed by atoms with Crippen molar-refractivity contribution in [1.82, 2.24) is 25.4 Å². The predicted octanol–water partition coefficient (Wildman–Crippen LogP) is 8.21. The lowest BCUT2D eigenvalue weighted by Gasteiger charge is -2.40. The number of ether oxygens (including phenoxy) is 1. The molecule has 18 heteroatoms. The van der Waals surface area contributed by atoms with Gasteiger partial charge in [0.05, 0.1) is 23.9 Å². The van der Waals surface area contributed by atoms with Crippen LogP contribution in [-0.2, 0) is 32.5 Å². The molecule has 6 aliphatic rings. The van der Waals surface area contributed by atoms with E-state index in [1.807, 2.05) is 38.7 Å². The number of piperidine rings is 2. The fraction of sp³-hybridized carbons (Fsp3) is 0.444. The molecule has 72 heavy (non-hydrogen) atoms. The van der Waals surface area contributed by atoms with Gasteiger partial charge in [-0.2, -0.15) is 13.2 Å². The van der Waals surface area contributed by atoms with Crippen molar-refractivity contribution >= 4 is 52.5 Å². The first-order valence-electron chi connectivity index (χ1n) is 24.2. The number of carbonyl (C=O) groups excluding carboxylic acids is 5. The summed E-state index contributed by atoms with van der Waals surface area (Å²) in [6.45, 7) is 8.89. The molecule has 1 aromatic heterocycles. The Hall–Kier alpha value is -6.51. The summed E-state index contributed by atoms with van der Waals surface area (Å²) >= 11 is 6.39. The Kier molecular flexibility index (Phi) is 12.2. The molecule has 4 aromatic rings. The van der Waals surface area contributed by atoms with E-state index in [9.17, 15) is 37.1 Å². The molecule has 1 saturated carbocycles. The second-order valence-electron chi connectivity index (χ2n) is 21.3. The van der Waals surface area contributed by atoms with E-state index in [4.69, 9.17) is 16.3 Å². The summed E-state index contributed by atoms with van der Waals surface area (Å²) in [7, 11) is 1.42. The zero-order chi connectivity index (χ0) is 51.2. The summed E-state index contributed by atoms with van der Waals surface area (Å²) in [5, 5.41) is 11.8. The van der Waals surface area contributed by atoms with Gasteiger partial charge in [0.25, 0.3) is 11.8 Å². The number of hydrogen-bond acceptors (Lipinski definition) is 9. The monoisotopic (exact) mass is 1010 g/mol. The summed E-state index contributed by atoms with van der Waals surface area (Å²) in [5.41, 5.74) is 0.430. The Labute approximate surface area is 419 Å². The summed E-state index contributed by atoms with van der Waals surface area (Å²) in [5.74, 6) is 3.39. The number of benzene rings is 3. The third-order valence-corrected chi connectivity index (χ3v) is 16.3. The molecule has 4 N–H and O–H groups in total. The van der Waals surface area contributed by atoms with Crippen molar-refractivity contribution in [1.29, 1.82) is 0 Å². The first-order valence-corrected chi connectivity index (χ1v) is 24.6. The van der Waals surface area contributed by atoms with Gasteiger partial charge >= 0.3 is 6.18 Å². The second kappa shape index (κ2) is 17.9. The smallest absolute Gasteiger partial charge is 0.433 e. The topological polar surface area (TPSA) is 162 Å². The molecule has 0 bridgehead atoms. The number of amides is 5. The Balaban J connectivity index is 0.886. The fourth-order valence-electron chi connectivity index (χ4n) is 12.3. The Morgan fingerprint density at radius 3 is 2.57 bits per heavy atom. The first kappa shape index (κ1) is 49.1. The molecule has 5 amide bonds. The van der Waals surface area contributed by atoms with Gasteiger partial charge in [0.15, 0.2) is 0 Å². The van der Waals surface area contributed by atoms with E-state index in [0.29, 0.717) is 35.2 Å². The molecule has 376 valence electrons. The highest BCUT2D eigenvalue weighted by atomic mass is 35.5. The molecule has 3 aromatic carbocycles. The number of nitrogens with zero attached hydrogens (tertiary/aromatic N) is 3. The lowest BCUT2D eigenvalue weighted by Crippen LogP contribution is -2.52. The molecule has 1 aliphatic carbocycles. The Morgan fingerprint density at radius 2 is 1.83 bits per heavy atom. The minimum Gasteiger partial charge on any atom is -0.495 e. The average molecular weight is 1010 g/mol. The fourth-order valence-corrected chi connectivity index (χ4v) is 12.5. The van der Waals surface area contributed by atoms with E-state index in [0.717, 1.165) is 30.9 Å².